The van der Waals surface area contributed by atoms with Crippen LogP contribution in [0.1, 0.15) is 5.69 Å². The Bertz CT molecular complexity index is 600. The van der Waals surface area contributed by atoms with Gasteiger partial charge in [-0.15, -0.1) is 0 Å². The Labute approximate surface area is 129 Å². The first kappa shape index (κ1) is 14.4. The van der Waals surface area contributed by atoms with Gasteiger partial charge >= 0.3 is 0 Å². The summed E-state index contributed by atoms with van der Waals surface area (Å²) in [7, 11) is 1.51. The molecule has 0 atom stereocenters. The first-order valence-corrected chi connectivity index (χ1v) is 6.89. The van der Waals surface area contributed by atoms with Crippen LogP contribution in [0.2, 0.25) is 10.0 Å². The number of halogens is 3. The molecule has 6 heteroatoms. The van der Waals surface area contributed by atoms with E-state index in [9.17, 15) is 0 Å². The third-order valence-corrected chi connectivity index (χ3v) is 3.30. The number of ether oxygens (including phenoxy) is 2. The van der Waals surface area contributed by atoms with Gasteiger partial charge in [0.1, 0.15) is 10.8 Å². The van der Waals surface area contributed by atoms with E-state index in [0.717, 1.165) is 10.2 Å². The summed E-state index contributed by atoms with van der Waals surface area (Å²) in [4.78, 5) is 4.16. The van der Waals surface area contributed by atoms with Crippen molar-refractivity contribution in [2.45, 2.75) is 6.92 Å². The number of methoxy groups -OCH3 is 1. The van der Waals surface area contributed by atoms with Gasteiger partial charge in [-0.05, 0) is 25.1 Å². The third kappa shape index (κ3) is 3.53. The zero-order chi connectivity index (χ0) is 14.0. The fourth-order valence-electron chi connectivity index (χ4n) is 1.52. The molecule has 0 saturated carbocycles. The summed E-state index contributed by atoms with van der Waals surface area (Å²) in [5.74, 6) is 1.38. The van der Waals surface area contributed by atoms with Crippen LogP contribution in [0, 0.1) is 6.92 Å². The Morgan fingerprint density at radius 2 is 1.89 bits per heavy atom. The average molecular weight is 363 g/mol. The molecule has 0 radical (unpaired) electrons. The summed E-state index contributed by atoms with van der Waals surface area (Å²) < 4.78 is 11.6. The van der Waals surface area contributed by atoms with Crippen molar-refractivity contribution in [2.24, 2.45) is 0 Å². The van der Waals surface area contributed by atoms with Crippen molar-refractivity contribution < 1.29 is 9.47 Å². The summed E-state index contributed by atoms with van der Waals surface area (Å²) in [5.41, 5.74) is 0.748. The van der Waals surface area contributed by atoms with Crippen LogP contribution >= 0.6 is 39.1 Å². The van der Waals surface area contributed by atoms with Crippen molar-refractivity contribution in [3.8, 4) is 17.4 Å². The highest BCUT2D eigenvalue weighted by molar-refractivity contribution is 9.10. The maximum absolute atomic E-state index is 6.15. The number of pyridine rings is 1. The molecule has 0 spiro atoms. The first-order chi connectivity index (χ1) is 8.99. The molecule has 1 aromatic carbocycles. The van der Waals surface area contributed by atoms with E-state index in [1.165, 1.54) is 7.11 Å². The SMILES string of the molecule is COc1nc(C)cc(Oc2cc(Cl)cc(Br)c2)c1Cl. The van der Waals surface area contributed by atoms with E-state index in [1.54, 1.807) is 24.3 Å². The van der Waals surface area contributed by atoms with Crippen LogP contribution < -0.4 is 9.47 Å². The largest absolute Gasteiger partial charge is 0.480 e. The summed E-state index contributed by atoms with van der Waals surface area (Å²) in [6, 6.07) is 7.00. The van der Waals surface area contributed by atoms with Gasteiger partial charge in [-0.2, -0.15) is 0 Å². The predicted molar refractivity (Wildman–Crippen MR) is 79.8 cm³/mol. The summed E-state index contributed by atoms with van der Waals surface area (Å²) >= 11 is 15.5. The maximum Gasteiger partial charge on any atom is 0.236 e. The topological polar surface area (TPSA) is 31.4 Å². The van der Waals surface area contributed by atoms with E-state index in [4.69, 9.17) is 32.7 Å². The minimum Gasteiger partial charge on any atom is -0.480 e. The summed E-state index contributed by atoms with van der Waals surface area (Å²) in [6.45, 7) is 1.83. The van der Waals surface area contributed by atoms with Crippen molar-refractivity contribution in [3.63, 3.8) is 0 Å². The van der Waals surface area contributed by atoms with Gasteiger partial charge in [-0.3, -0.25) is 0 Å². The third-order valence-electron chi connectivity index (χ3n) is 2.28. The summed E-state index contributed by atoms with van der Waals surface area (Å²) in [6.07, 6.45) is 0. The molecular weight excluding hydrogens is 353 g/mol. The lowest BCUT2D eigenvalue weighted by atomic mass is 10.3. The lowest BCUT2D eigenvalue weighted by Crippen LogP contribution is -1.94. The summed E-state index contributed by atoms with van der Waals surface area (Å²) in [5, 5.41) is 0.891. The zero-order valence-corrected chi connectivity index (χ0v) is 13.3. The van der Waals surface area contributed by atoms with Gasteiger partial charge in [0.05, 0.1) is 7.11 Å². The fraction of sp³-hybridized carbons (Fsp3) is 0.154. The number of aryl methyl sites for hydroxylation is 1. The van der Waals surface area contributed by atoms with E-state index in [0.29, 0.717) is 27.4 Å². The molecule has 19 heavy (non-hydrogen) atoms. The molecule has 0 aliphatic rings. The van der Waals surface area contributed by atoms with Crippen LogP contribution in [0.5, 0.6) is 17.4 Å². The number of aromatic nitrogens is 1. The lowest BCUT2D eigenvalue weighted by Gasteiger charge is -2.11. The van der Waals surface area contributed by atoms with E-state index in [1.807, 2.05) is 6.92 Å². The van der Waals surface area contributed by atoms with Crippen LogP contribution in [-0.2, 0) is 0 Å². The maximum atomic E-state index is 6.15. The highest BCUT2D eigenvalue weighted by atomic mass is 79.9. The van der Waals surface area contributed by atoms with Crippen LogP contribution in [0.3, 0.4) is 0 Å². The van der Waals surface area contributed by atoms with E-state index in [-0.39, 0.29) is 0 Å². The minimum atomic E-state index is 0.323. The van der Waals surface area contributed by atoms with E-state index < -0.39 is 0 Å². The molecule has 100 valence electrons. The molecule has 0 aliphatic carbocycles. The number of nitrogens with zero attached hydrogens (tertiary/aromatic N) is 1. The minimum absolute atomic E-state index is 0.323. The number of benzene rings is 1. The van der Waals surface area contributed by atoms with E-state index in [2.05, 4.69) is 20.9 Å². The second-order valence-electron chi connectivity index (χ2n) is 3.79. The van der Waals surface area contributed by atoms with Gasteiger partial charge < -0.3 is 9.47 Å². The molecule has 1 heterocycles. The van der Waals surface area contributed by atoms with Gasteiger partial charge in [0.2, 0.25) is 5.88 Å². The molecule has 0 aliphatic heterocycles. The molecule has 0 amide bonds. The average Bonchev–Trinajstić information content (AvgIpc) is 2.32. The van der Waals surface area contributed by atoms with Gasteiger partial charge in [-0.1, -0.05) is 39.1 Å². The highest BCUT2D eigenvalue weighted by Gasteiger charge is 2.12. The molecule has 0 unspecified atom stereocenters. The highest BCUT2D eigenvalue weighted by Crippen LogP contribution is 2.37. The molecule has 3 nitrogen and oxygen atoms in total. The van der Waals surface area contributed by atoms with Gasteiger partial charge in [0.15, 0.2) is 5.75 Å². The van der Waals surface area contributed by atoms with Gasteiger partial charge in [0, 0.05) is 21.3 Å². The Morgan fingerprint density at radius 3 is 2.53 bits per heavy atom. The standard InChI is InChI=1S/C13H10BrCl2NO2/c1-7-3-11(12(16)13(17-7)18-2)19-10-5-8(14)4-9(15)6-10/h3-6H,1-2H3. The molecule has 0 bridgehead atoms. The smallest absolute Gasteiger partial charge is 0.236 e. The molecule has 0 fully saturated rings. The lowest BCUT2D eigenvalue weighted by molar-refractivity contribution is 0.391. The Morgan fingerprint density at radius 1 is 1.16 bits per heavy atom. The molecule has 2 aromatic rings. The molecule has 0 N–H and O–H groups in total. The van der Waals surface area contributed by atoms with Gasteiger partial charge in [0.25, 0.3) is 0 Å². The second-order valence-corrected chi connectivity index (χ2v) is 5.52. The number of hydrogen-bond acceptors (Lipinski definition) is 3. The second kappa shape index (κ2) is 5.99. The normalized spacial score (nSPS) is 10.4. The van der Waals surface area contributed by atoms with Crippen LogP contribution in [-0.4, -0.2) is 12.1 Å². The quantitative estimate of drug-likeness (QED) is 0.746. The number of rotatable bonds is 3. The Hall–Kier alpha value is -0.970. The van der Waals surface area contributed by atoms with Crippen LogP contribution in [0.25, 0.3) is 0 Å². The molecular formula is C13H10BrCl2NO2. The van der Waals surface area contributed by atoms with Crippen molar-refractivity contribution >= 4 is 39.1 Å². The molecule has 0 saturated heterocycles. The Kier molecular flexibility index (Phi) is 4.55. The fourth-order valence-corrected chi connectivity index (χ4v) is 2.57. The van der Waals surface area contributed by atoms with Crippen LogP contribution in [0.15, 0.2) is 28.7 Å². The molecule has 1 aromatic heterocycles. The monoisotopic (exact) mass is 361 g/mol. The van der Waals surface area contributed by atoms with Crippen molar-refractivity contribution in [3.05, 3.63) is 44.5 Å². The first-order valence-electron chi connectivity index (χ1n) is 5.34. The molecule has 2 rings (SSSR count). The van der Waals surface area contributed by atoms with Gasteiger partial charge in [-0.25, -0.2) is 4.98 Å². The van der Waals surface area contributed by atoms with Crippen molar-refractivity contribution in [1.82, 2.24) is 4.98 Å². The van der Waals surface area contributed by atoms with Crippen LogP contribution in [0.4, 0.5) is 0 Å². The van der Waals surface area contributed by atoms with E-state index >= 15 is 0 Å². The predicted octanol–water partition coefficient (Wildman–Crippen LogP) is 5.26. The number of hydrogen-bond donors (Lipinski definition) is 0. The zero-order valence-electron chi connectivity index (χ0n) is 10.2. The van der Waals surface area contributed by atoms with Crippen molar-refractivity contribution in [1.29, 1.82) is 0 Å². The van der Waals surface area contributed by atoms with Crippen molar-refractivity contribution in [2.75, 3.05) is 7.11 Å². The Balaban J connectivity index is 2.40.